The number of pyridine rings is 1. The molecule has 2 atom stereocenters. The maximum atomic E-state index is 4.51. The molecule has 3 nitrogen and oxygen atoms in total. The molecule has 2 unspecified atom stereocenters. The number of rotatable bonds is 3. The Morgan fingerprint density at radius 3 is 2.76 bits per heavy atom. The first-order valence-electron chi connectivity index (χ1n) is 6.69. The van der Waals surface area contributed by atoms with Crippen molar-refractivity contribution in [3.05, 3.63) is 18.2 Å². The molecule has 0 aromatic carbocycles. The van der Waals surface area contributed by atoms with E-state index >= 15 is 0 Å². The molecule has 1 aliphatic carbocycles. The molecule has 0 spiro atoms. The van der Waals surface area contributed by atoms with Gasteiger partial charge in [-0.3, -0.25) is 0 Å². The zero-order chi connectivity index (χ0) is 12.1. The Morgan fingerprint density at radius 1 is 1.12 bits per heavy atom. The van der Waals surface area contributed by atoms with Crippen LogP contribution in [-0.2, 0) is 0 Å². The number of nitrogens with zero attached hydrogens (tertiary/aromatic N) is 1. The van der Waals surface area contributed by atoms with E-state index in [1.807, 2.05) is 19.2 Å². The maximum absolute atomic E-state index is 4.51. The van der Waals surface area contributed by atoms with Gasteiger partial charge < -0.3 is 10.6 Å². The van der Waals surface area contributed by atoms with E-state index in [0.29, 0.717) is 6.04 Å². The maximum Gasteiger partial charge on any atom is 0.128 e. The third kappa shape index (κ3) is 3.62. The molecule has 94 valence electrons. The minimum Gasteiger partial charge on any atom is -0.373 e. The lowest BCUT2D eigenvalue weighted by Gasteiger charge is -2.17. The van der Waals surface area contributed by atoms with Gasteiger partial charge in [-0.05, 0) is 37.3 Å². The van der Waals surface area contributed by atoms with E-state index in [1.54, 1.807) is 0 Å². The Hall–Kier alpha value is -1.25. The molecule has 1 heterocycles. The van der Waals surface area contributed by atoms with E-state index in [0.717, 1.165) is 17.6 Å². The van der Waals surface area contributed by atoms with Crippen LogP contribution in [0.25, 0.3) is 0 Å². The fraction of sp³-hybridized carbons (Fsp3) is 0.643. The molecule has 17 heavy (non-hydrogen) atoms. The molecule has 3 heteroatoms. The standard InChI is InChI=1S/C14H23N3/c1-11-5-3-6-12(10-9-11)16-14-8-4-7-13(15-2)17-14/h4,7-8,11-12H,3,5-6,9-10H2,1-2H3,(H2,15,16,17). The molecule has 2 rings (SSSR count). The summed E-state index contributed by atoms with van der Waals surface area (Å²) in [5.74, 6) is 2.81. The Labute approximate surface area is 104 Å². The molecule has 1 aromatic heterocycles. The summed E-state index contributed by atoms with van der Waals surface area (Å²) in [5, 5.41) is 6.64. The van der Waals surface area contributed by atoms with Crippen molar-refractivity contribution in [2.75, 3.05) is 17.7 Å². The van der Waals surface area contributed by atoms with Crippen LogP contribution in [0.1, 0.15) is 39.0 Å². The second kappa shape index (κ2) is 5.89. The van der Waals surface area contributed by atoms with Crippen LogP contribution in [0.15, 0.2) is 18.2 Å². The van der Waals surface area contributed by atoms with Gasteiger partial charge in [0, 0.05) is 13.1 Å². The van der Waals surface area contributed by atoms with Crippen molar-refractivity contribution in [2.24, 2.45) is 5.92 Å². The van der Waals surface area contributed by atoms with Crippen LogP contribution in [-0.4, -0.2) is 18.1 Å². The Bertz CT molecular complexity index is 351. The molecule has 0 aliphatic heterocycles. The zero-order valence-electron chi connectivity index (χ0n) is 10.9. The van der Waals surface area contributed by atoms with Gasteiger partial charge >= 0.3 is 0 Å². The smallest absolute Gasteiger partial charge is 0.128 e. The average Bonchev–Trinajstić information content (AvgIpc) is 2.55. The quantitative estimate of drug-likeness (QED) is 0.784. The number of aromatic nitrogens is 1. The summed E-state index contributed by atoms with van der Waals surface area (Å²) in [6.45, 7) is 2.36. The van der Waals surface area contributed by atoms with Crippen LogP contribution < -0.4 is 10.6 Å². The topological polar surface area (TPSA) is 37.0 Å². The molecular weight excluding hydrogens is 210 g/mol. The number of anilines is 2. The van der Waals surface area contributed by atoms with Gasteiger partial charge in [-0.1, -0.05) is 25.8 Å². The first kappa shape index (κ1) is 12.2. The van der Waals surface area contributed by atoms with Crippen molar-refractivity contribution in [3.8, 4) is 0 Å². The van der Waals surface area contributed by atoms with Gasteiger partial charge in [-0.15, -0.1) is 0 Å². The zero-order valence-corrected chi connectivity index (χ0v) is 10.9. The van der Waals surface area contributed by atoms with Gasteiger partial charge in [-0.2, -0.15) is 0 Å². The van der Waals surface area contributed by atoms with Gasteiger partial charge in [0.2, 0.25) is 0 Å². The minimum absolute atomic E-state index is 0.597. The number of hydrogen-bond donors (Lipinski definition) is 2. The van der Waals surface area contributed by atoms with E-state index < -0.39 is 0 Å². The monoisotopic (exact) mass is 233 g/mol. The summed E-state index contributed by atoms with van der Waals surface area (Å²) in [4.78, 5) is 4.51. The van der Waals surface area contributed by atoms with Crippen LogP contribution >= 0.6 is 0 Å². The molecule has 1 fully saturated rings. The number of hydrogen-bond acceptors (Lipinski definition) is 3. The molecule has 0 bridgehead atoms. The normalized spacial score (nSPS) is 25.1. The van der Waals surface area contributed by atoms with E-state index in [4.69, 9.17) is 0 Å². The van der Waals surface area contributed by atoms with Crippen molar-refractivity contribution in [3.63, 3.8) is 0 Å². The first-order valence-corrected chi connectivity index (χ1v) is 6.69. The highest BCUT2D eigenvalue weighted by molar-refractivity contribution is 5.45. The fourth-order valence-corrected chi connectivity index (χ4v) is 2.49. The van der Waals surface area contributed by atoms with Crippen LogP contribution in [0.5, 0.6) is 0 Å². The lowest BCUT2D eigenvalue weighted by molar-refractivity contribution is 0.502. The number of nitrogens with one attached hydrogen (secondary N) is 2. The largest absolute Gasteiger partial charge is 0.373 e. The fourth-order valence-electron chi connectivity index (χ4n) is 2.49. The van der Waals surface area contributed by atoms with Crippen LogP contribution in [0.4, 0.5) is 11.6 Å². The van der Waals surface area contributed by atoms with Crippen molar-refractivity contribution in [1.29, 1.82) is 0 Å². The first-order chi connectivity index (χ1) is 8.28. The second-order valence-electron chi connectivity index (χ2n) is 5.11. The van der Waals surface area contributed by atoms with Crippen LogP contribution in [0.3, 0.4) is 0 Å². The van der Waals surface area contributed by atoms with Gasteiger partial charge in [0.15, 0.2) is 0 Å². The lowest BCUT2D eigenvalue weighted by Crippen LogP contribution is -2.19. The SMILES string of the molecule is CNc1cccc(NC2CCCC(C)CC2)n1. The highest BCUT2D eigenvalue weighted by Gasteiger charge is 2.16. The van der Waals surface area contributed by atoms with Gasteiger partial charge in [0.25, 0.3) is 0 Å². The highest BCUT2D eigenvalue weighted by atomic mass is 15.1. The lowest BCUT2D eigenvalue weighted by atomic mass is 10.0. The highest BCUT2D eigenvalue weighted by Crippen LogP contribution is 2.24. The molecular formula is C14H23N3. The van der Waals surface area contributed by atoms with Gasteiger partial charge in [0.1, 0.15) is 11.6 Å². The predicted octanol–water partition coefficient (Wildman–Crippen LogP) is 3.50. The summed E-state index contributed by atoms with van der Waals surface area (Å²) in [6, 6.07) is 6.68. The summed E-state index contributed by atoms with van der Waals surface area (Å²) < 4.78 is 0. The van der Waals surface area contributed by atoms with E-state index in [2.05, 4.69) is 28.6 Å². The summed E-state index contributed by atoms with van der Waals surface area (Å²) >= 11 is 0. The Morgan fingerprint density at radius 2 is 1.94 bits per heavy atom. The van der Waals surface area contributed by atoms with Crippen molar-refractivity contribution >= 4 is 11.6 Å². The Balaban J connectivity index is 1.94. The van der Waals surface area contributed by atoms with Crippen molar-refractivity contribution in [2.45, 2.75) is 45.1 Å². The van der Waals surface area contributed by atoms with Gasteiger partial charge in [0.05, 0.1) is 0 Å². The van der Waals surface area contributed by atoms with Crippen molar-refractivity contribution in [1.82, 2.24) is 4.98 Å². The summed E-state index contributed by atoms with van der Waals surface area (Å²) in [7, 11) is 1.90. The molecule has 2 N–H and O–H groups in total. The third-order valence-electron chi connectivity index (χ3n) is 3.61. The summed E-state index contributed by atoms with van der Waals surface area (Å²) in [6.07, 6.45) is 6.60. The van der Waals surface area contributed by atoms with Crippen molar-refractivity contribution < 1.29 is 0 Å². The van der Waals surface area contributed by atoms with E-state index in [1.165, 1.54) is 32.1 Å². The van der Waals surface area contributed by atoms with Crippen LogP contribution in [0, 0.1) is 5.92 Å². The molecule has 1 aromatic rings. The molecule has 0 radical (unpaired) electrons. The molecule has 0 saturated heterocycles. The minimum atomic E-state index is 0.597. The van der Waals surface area contributed by atoms with Crippen LogP contribution in [0.2, 0.25) is 0 Å². The molecule has 1 saturated carbocycles. The third-order valence-corrected chi connectivity index (χ3v) is 3.61. The predicted molar refractivity (Wildman–Crippen MR) is 73.4 cm³/mol. The summed E-state index contributed by atoms with van der Waals surface area (Å²) in [5.41, 5.74) is 0. The molecule has 1 aliphatic rings. The second-order valence-corrected chi connectivity index (χ2v) is 5.11. The van der Waals surface area contributed by atoms with E-state index in [-0.39, 0.29) is 0 Å². The Kier molecular flexibility index (Phi) is 4.24. The average molecular weight is 233 g/mol. The molecule has 0 amide bonds. The van der Waals surface area contributed by atoms with Gasteiger partial charge in [-0.25, -0.2) is 4.98 Å². The van der Waals surface area contributed by atoms with E-state index in [9.17, 15) is 0 Å².